The van der Waals surface area contributed by atoms with Gasteiger partial charge in [-0.3, -0.25) is 0 Å². The molecule has 0 bridgehead atoms. The minimum Gasteiger partial charge on any atom is -0.0914 e. The Morgan fingerprint density at radius 1 is 0.840 bits per heavy atom. The van der Waals surface area contributed by atoms with E-state index >= 15 is 0 Å². The molecular formula is C25H32. The molecule has 0 nitrogen and oxygen atoms in total. The normalized spacial score (nSPS) is 20.9. The van der Waals surface area contributed by atoms with Crippen LogP contribution in [0.1, 0.15) is 69.4 Å². The van der Waals surface area contributed by atoms with Crippen LogP contribution in [0.25, 0.3) is 11.1 Å². The molecule has 0 N–H and O–H groups in total. The maximum absolute atomic E-state index is 2.39. The van der Waals surface area contributed by atoms with Gasteiger partial charge in [-0.25, -0.2) is 0 Å². The maximum atomic E-state index is 2.39. The Bertz CT molecular complexity index is 652. The zero-order valence-corrected chi connectivity index (χ0v) is 15.9. The minimum atomic E-state index is 0.756. The molecule has 0 amide bonds. The first-order chi connectivity index (χ1) is 12.3. The van der Waals surface area contributed by atoms with E-state index in [1.807, 2.05) is 0 Å². The molecule has 0 heterocycles. The van der Waals surface area contributed by atoms with E-state index in [0.29, 0.717) is 0 Å². The highest BCUT2D eigenvalue weighted by atomic mass is 14.3. The van der Waals surface area contributed by atoms with Gasteiger partial charge in [0.25, 0.3) is 0 Å². The molecule has 0 aromatic heterocycles. The lowest BCUT2D eigenvalue weighted by atomic mass is 9.78. The molecular weight excluding hydrogens is 300 g/mol. The van der Waals surface area contributed by atoms with Crippen LogP contribution >= 0.6 is 0 Å². The van der Waals surface area contributed by atoms with Crippen molar-refractivity contribution in [2.45, 2.75) is 64.7 Å². The monoisotopic (exact) mass is 332 g/mol. The Morgan fingerprint density at radius 3 is 2.00 bits per heavy atom. The lowest BCUT2D eigenvalue weighted by molar-refractivity contribution is 0.376. The minimum absolute atomic E-state index is 0.756. The average molecular weight is 333 g/mol. The second-order valence-electron chi connectivity index (χ2n) is 7.56. The summed E-state index contributed by atoms with van der Waals surface area (Å²) >= 11 is 0. The van der Waals surface area contributed by atoms with E-state index in [9.17, 15) is 0 Å². The Balaban J connectivity index is 1.62. The van der Waals surface area contributed by atoms with Gasteiger partial charge in [0.05, 0.1) is 0 Å². The average Bonchev–Trinajstić information content (AvgIpc) is 2.68. The zero-order chi connectivity index (χ0) is 17.5. The molecule has 0 aliphatic heterocycles. The molecule has 0 unspecified atom stereocenters. The van der Waals surface area contributed by atoms with E-state index in [-0.39, 0.29) is 0 Å². The molecule has 0 atom stereocenters. The molecule has 1 aliphatic carbocycles. The highest BCUT2D eigenvalue weighted by Gasteiger charge is 2.20. The third kappa shape index (κ3) is 4.84. The summed E-state index contributed by atoms with van der Waals surface area (Å²) in [6.45, 7) is 4.39. The summed E-state index contributed by atoms with van der Waals surface area (Å²) in [6.07, 6.45) is 13.7. The first-order valence-electron chi connectivity index (χ1n) is 10.1. The summed E-state index contributed by atoms with van der Waals surface area (Å²) in [5.41, 5.74) is 5.67. The molecule has 0 saturated heterocycles. The molecule has 132 valence electrons. The van der Waals surface area contributed by atoms with Crippen LogP contribution in [-0.4, -0.2) is 0 Å². The fourth-order valence-electron chi connectivity index (χ4n) is 4.11. The molecule has 1 fully saturated rings. The van der Waals surface area contributed by atoms with Gasteiger partial charge in [0.1, 0.15) is 0 Å². The van der Waals surface area contributed by atoms with Crippen molar-refractivity contribution in [1.82, 2.24) is 0 Å². The Morgan fingerprint density at radius 2 is 1.44 bits per heavy atom. The Hall–Kier alpha value is -1.82. The van der Waals surface area contributed by atoms with Gasteiger partial charge in [0.2, 0.25) is 0 Å². The van der Waals surface area contributed by atoms with Crippen LogP contribution in [0.3, 0.4) is 0 Å². The summed E-state index contributed by atoms with van der Waals surface area (Å²) in [7, 11) is 0. The van der Waals surface area contributed by atoms with Crippen LogP contribution in [0, 0.1) is 5.92 Å². The van der Waals surface area contributed by atoms with Crippen LogP contribution in [-0.2, 0) is 6.42 Å². The van der Waals surface area contributed by atoms with E-state index in [1.165, 1.54) is 67.2 Å². The van der Waals surface area contributed by atoms with Gasteiger partial charge in [0, 0.05) is 0 Å². The van der Waals surface area contributed by atoms with E-state index < -0.39 is 0 Å². The van der Waals surface area contributed by atoms with Gasteiger partial charge < -0.3 is 0 Å². The number of rotatable bonds is 6. The highest BCUT2D eigenvalue weighted by Crippen LogP contribution is 2.36. The molecule has 2 aromatic carbocycles. The smallest absolute Gasteiger partial charge is 0.0162 e. The van der Waals surface area contributed by atoms with Crippen molar-refractivity contribution in [3.05, 3.63) is 71.8 Å². The van der Waals surface area contributed by atoms with Crippen LogP contribution < -0.4 is 0 Å². The highest BCUT2D eigenvalue weighted by molar-refractivity contribution is 5.64. The van der Waals surface area contributed by atoms with Crippen LogP contribution in [0.15, 0.2) is 60.7 Å². The third-order valence-corrected chi connectivity index (χ3v) is 5.72. The lowest BCUT2D eigenvalue weighted by Gasteiger charge is -2.27. The fourth-order valence-corrected chi connectivity index (χ4v) is 4.11. The molecule has 0 heteroatoms. The van der Waals surface area contributed by atoms with Gasteiger partial charge in [-0.05, 0) is 79.5 Å². The van der Waals surface area contributed by atoms with Crippen molar-refractivity contribution in [2.75, 3.05) is 0 Å². The fraction of sp³-hybridized carbons (Fsp3) is 0.440. The zero-order valence-electron chi connectivity index (χ0n) is 15.9. The number of allylic oxidation sites excluding steroid dienone is 2. The van der Waals surface area contributed by atoms with Crippen molar-refractivity contribution in [1.29, 1.82) is 0 Å². The standard InChI is InChI=1S/C25H32/c1-3-5-7-21-10-14-23(15-11-21)25-18-16-24(17-19-25)22-12-8-20(6-4-2)9-13-22/h4,6,10-11,14-20,22H,3,5,7-9,12-13H2,1-2H3/b6-4+. The van der Waals surface area contributed by atoms with Gasteiger partial charge in [-0.1, -0.05) is 74.0 Å². The van der Waals surface area contributed by atoms with Crippen molar-refractivity contribution >= 4 is 0 Å². The predicted molar refractivity (Wildman–Crippen MR) is 110 cm³/mol. The molecule has 0 radical (unpaired) electrons. The van der Waals surface area contributed by atoms with E-state index in [0.717, 1.165) is 11.8 Å². The second-order valence-corrected chi connectivity index (χ2v) is 7.56. The van der Waals surface area contributed by atoms with Crippen molar-refractivity contribution in [3.63, 3.8) is 0 Å². The molecule has 0 spiro atoms. The lowest BCUT2D eigenvalue weighted by Crippen LogP contribution is -2.11. The van der Waals surface area contributed by atoms with E-state index in [2.05, 4.69) is 74.5 Å². The maximum Gasteiger partial charge on any atom is -0.0162 e. The van der Waals surface area contributed by atoms with Gasteiger partial charge in [-0.15, -0.1) is 0 Å². The van der Waals surface area contributed by atoms with Crippen molar-refractivity contribution in [3.8, 4) is 11.1 Å². The summed E-state index contributed by atoms with van der Waals surface area (Å²) in [5, 5.41) is 0. The largest absolute Gasteiger partial charge is 0.0914 e. The van der Waals surface area contributed by atoms with Gasteiger partial charge in [-0.2, -0.15) is 0 Å². The van der Waals surface area contributed by atoms with Crippen molar-refractivity contribution < 1.29 is 0 Å². The predicted octanol–water partition coefficient (Wildman–Crippen LogP) is 7.55. The van der Waals surface area contributed by atoms with E-state index in [4.69, 9.17) is 0 Å². The van der Waals surface area contributed by atoms with Crippen LogP contribution in [0.4, 0.5) is 0 Å². The first-order valence-corrected chi connectivity index (χ1v) is 10.1. The molecule has 2 aromatic rings. The molecule has 1 saturated carbocycles. The number of hydrogen-bond donors (Lipinski definition) is 0. The Kier molecular flexibility index (Phi) is 6.50. The second kappa shape index (κ2) is 9.04. The number of hydrogen-bond acceptors (Lipinski definition) is 0. The Labute approximate surface area is 154 Å². The van der Waals surface area contributed by atoms with Crippen LogP contribution in [0.2, 0.25) is 0 Å². The quantitative estimate of drug-likeness (QED) is 0.479. The van der Waals surface area contributed by atoms with Gasteiger partial charge >= 0.3 is 0 Å². The number of unbranched alkanes of at least 4 members (excludes halogenated alkanes) is 1. The first kappa shape index (κ1) is 18.0. The number of aryl methyl sites for hydroxylation is 1. The summed E-state index contributed by atoms with van der Waals surface area (Å²) in [5.74, 6) is 1.57. The van der Waals surface area contributed by atoms with Crippen LogP contribution in [0.5, 0.6) is 0 Å². The topological polar surface area (TPSA) is 0 Å². The van der Waals surface area contributed by atoms with Crippen molar-refractivity contribution in [2.24, 2.45) is 5.92 Å². The number of benzene rings is 2. The third-order valence-electron chi connectivity index (χ3n) is 5.72. The van der Waals surface area contributed by atoms with E-state index in [1.54, 1.807) is 0 Å². The molecule has 25 heavy (non-hydrogen) atoms. The molecule has 3 rings (SSSR count). The summed E-state index contributed by atoms with van der Waals surface area (Å²) < 4.78 is 0. The molecule has 1 aliphatic rings. The van der Waals surface area contributed by atoms with Gasteiger partial charge in [0.15, 0.2) is 0 Å². The SMILES string of the molecule is C/C=C/C1CCC(c2ccc(-c3ccc(CCCC)cc3)cc2)CC1. The summed E-state index contributed by atoms with van der Waals surface area (Å²) in [6, 6.07) is 18.5. The summed E-state index contributed by atoms with van der Waals surface area (Å²) in [4.78, 5) is 0.